The fourth-order valence-corrected chi connectivity index (χ4v) is 0.107. The first kappa shape index (κ1) is 17.5. The van der Waals surface area contributed by atoms with E-state index in [1.807, 2.05) is 0 Å². The zero-order valence-corrected chi connectivity index (χ0v) is 4.94. The summed E-state index contributed by atoms with van der Waals surface area (Å²) in [5.41, 5.74) is 0. The van der Waals surface area contributed by atoms with E-state index in [9.17, 15) is 9.00 Å². The normalized spacial score (nSPS) is 13.4. The van der Waals surface area contributed by atoms with Crippen LogP contribution in [0, 0.1) is 0 Å². The first-order chi connectivity index (χ1) is 3.50. The average molecular weight is 185 g/mol. The van der Waals surface area contributed by atoms with Gasteiger partial charge < -0.3 is 10.2 Å². The van der Waals surface area contributed by atoms with E-state index in [-0.39, 0.29) is 70.8 Å². The molecule has 1 atom stereocenters. The van der Waals surface area contributed by atoms with Crippen molar-refractivity contribution in [2.75, 3.05) is 0 Å². The van der Waals surface area contributed by atoms with Gasteiger partial charge in [0.25, 0.3) is 0 Å². The predicted molar refractivity (Wildman–Crippen MR) is 40.6 cm³/mol. The molecule has 0 saturated carbocycles. The second kappa shape index (κ2) is 7.12. The number of carboxylic acids is 1. The van der Waals surface area contributed by atoms with Crippen molar-refractivity contribution in [3.05, 3.63) is 0 Å². The van der Waals surface area contributed by atoms with Gasteiger partial charge in [-0.3, -0.25) is 0 Å². The van der Waals surface area contributed by atoms with Crippen molar-refractivity contribution in [3.63, 3.8) is 0 Å². The molecule has 0 heterocycles. The molecule has 0 saturated heterocycles. The SMILES string of the molecule is CC(O)([S+]=O)C(=O)O.[NaH].[NaH]. The van der Waals surface area contributed by atoms with Crippen molar-refractivity contribution in [3.8, 4) is 0 Å². The molecule has 50 valence electrons. The molecule has 0 aliphatic carbocycles. The molecule has 0 amide bonds. The third kappa shape index (κ3) is 6.18. The Kier molecular flexibility index (Phi) is 12.5. The van der Waals surface area contributed by atoms with Crippen LogP contribution in [0.15, 0.2) is 0 Å². The van der Waals surface area contributed by atoms with E-state index in [4.69, 9.17) is 10.2 Å². The molecule has 0 aromatic heterocycles. The van der Waals surface area contributed by atoms with Crippen molar-refractivity contribution >= 4 is 76.8 Å². The third-order valence-electron chi connectivity index (χ3n) is 0.559. The molecular weight excluding hydrogens is 178 g/mol. The quantitative estimate of drug-likeness (QED) is 0.294. The summed E-state index contributed by atoms with van der Waals surface area (Å²) in [4.78, 5) is 7.60. The van der Waals surface area contributed by atoms with Gasteiger partial charge in [0, 0.05) is 11.1 Å². The Morgan fingerprint density at radius 2 is 1.80 bits per heavy atom. The fraction of sp³-hybridized carbons (Fsp3) is 0.667. The standard InChI is InChI=1S/C3H4O4S.2Na.2H/c1-3(6,8-7)2(4)5;;;;/h6H,1H3;;;;/p+1. The van der Waals surface area contributed by atoms with Crippen molar-refractivity contribution in [2.45, 2.75) is 11.9 Å². The van der Waals surface area contributed by atoms with Crippen LogP contribution in [0.2, 0.25) is 0 Å². The molecule has 0 aliphatic heterocycles. The van der Waals surface area contributed by atoms with Gasteiger partial charge in [0.15, 0.2) is 0 Å². The molecule has 0 aromatic carbocycles. The van der Waals surface area contributed by atoms with Crippen LogP contribution in [0.4, 0.5) is 0 Å². The van der Waals surface area contributed by atoms with E-state index in [0.29, 0.717) is 0 Å². The zero-order chi connectivity index (χ0) is 6.78. The molecule has 0 aliphatic rings. The Bertz CT molecular complexity index is 126. The molecule has 1 unspecified atom stereocenters. The van der Waals surface area contributed by atoms with Gasteiger partial charge in [-0.1, -0.05) is 0 Å². The van der Waals surface area contributed by atoms with E-state index in [0.717, 1.165) is 6.92 Å². The Hall–Kier alpha value is 1.45. The van der Waals surface area contributed by atoms with Gasteiger partial charge in [-0.2, -0.15) is 0 Å². The van der Waals surface area contributed by atoms with E-state index in [2.05, 4.69) is 0 Å². The number of carboxylic acid groups (broad SMARTS) is 1. The number of aliphatic hydroxyl groups is 1. The van der Waals surface area contributed by atoms with Crippen molar-refractivity contribution in [2.24, 2.45) is 0 Å². The second-order valence-electron chi connectivity index (χ2n) is 1.37. The maximum absolute atomic E-state index is 9.78. The van der Waals surface area contributed by atoms with E-state index in [1.54, 1.807) is 0 Å². The summed E-state index contributed by atoms with van der Waals surface area (Å²) in [6.07, 6.45) is 0. The average Bonchev–Trinajstić information content (AvgIpc) is 1.67. The number of aliphatic carboxylic acids is 1. The molecule has 0 rings (SSSR count). The number of hydrogen-bond acceptors (Lipinski definition) is 3. The van der Waals surface area contributed by atoms with Crippen molar-refractivity contribution in [1.29, 1.82) is 0 Å². The predicted octanol–water partition coefficient (Wildman–Crippen LogP) is -2.09. The molecule has 0 bridgehead atoms. The van der Waals surface area contributed by atoms with E-state index in [1.165, 1.54) is 0 Å². The minimum absolute atomic E-state index is 0. The van der Waals surface area contributed by atoms with Crippen LogP contribution in [0.5, 0.6) is 0 Å². The first-order valence-electron chi connectivity index (χ1n) is 1.77. The summed E-state index contributed by atoms with van der Waals surface area (Å²) in [5.74, 6) is -1.52. The third-order valence-corrected chi connectivity index (χ3v) is 1.06. The first-order valence-corrected chi connectivity index (χ1v) is 2.51. The van der Waals surface area contributed by atoms with Crippen molar-refractivity contribution < 1.29 is 19.2 Å². The van der Waals surface area contributed by atoms with Gasteiger partial charge >= 0.3 is 81.7 Å². The van der Waals surface area contributed by atoms with Crippen LogP contribution in [-0.2, 0) is 20.7 Å². The molecule has 0 fully saturated rings. The molecular formula is C3H7Na2O4S+. The molecule has 0 spiro atoms. The molecule has 10 heavy (non-hydrogen) atoms. The zero-order valence-electron chi connectivity index (χ0n) is 4.12. The van der Waals surface area contributed by atoms with Gasteiger partial charge in [-0.15, -0.1) is 0 Å². The van der Waals surface area contributed by atoms with Crippen LogP contribution in [0.25, 0.3) is 0 Å². The van der Waals surface area contributed by atoms with E-state index >= 15 is 0 Å². The number of hydrogen-bond donors (Lipinski definition) is 2. The Morgan fingerprint density at radius 3 is 1.80 bits per heavy atom. The number of carbonyl (C=O) groups is 1. The molecule has 0 aromatic rings. The van der Waals surface area contributed by atoms with Crippen LogP contribution in [-0.4, -0.2) is 80.2 Å². The Balaban J connectivity index is -0.000000245. The maximum atomic E-state index is 9.78. The molecule has 4 nitrogen and oxygen atoms in total. The van der Waals surface area contributed by atoms with Gasteiger partial charge in [0.1, 0.15) is 0 Å². The Morgan fingerprint density at radius 1 is 1.50 bits per heavy atom. The van der Waals surface area contributed by atoms with Crippen LogP contribution < -0.4 is 0 Å². The van der Waals surface area contributed by atoms with Gasteiger partial charge in [-0.05, 0) is 0 Å². The minimum atomic E-state index is -2.18. The van der Waals surface area contributed by atoms with Gasteiger partial charge in [-0.25, -0.2) is 4.79 Å². The van der Waals surface area contributed by atoms with Gasteiger partial charge in [0.2, 0.25) is 0 Å². The van der Waals surface area contributed by atoms with Crippen molar-refractivity contribution in [1.82, 2.24) is 0 Å². The number of rotatable bonds is 2. The second-order valence-corrected chi connectivity index (χ2v) is 2.33. The summed E-state index contributed by atoms with van der Waals surface area (Å²) < 4.78 is 9.68. The molecule has 2 N–H and O–H groups in total. The van der Waals surface area contributed by atoms with Gasteiger partial charge in [0.05, 0.1) is 0 Å². The molecule has 0 radical (unpaired) electrons. The van der Waals surface area contributed by atoms with Crippen LogP contribution in [0.1, 0.15) is 6.92 Å². The summed E-state index contributed by atoms with van der Waals surface area (Å²) >= 11 is -0.359. The fourth-order valence-electron chi connectivity index (χ4n) is 0.0356. The monoisotopic (exact) mass is 185 g/mol. The summed E-state index contributed by atoms with van der Waals surface area (Å²) in [6, 6.07) is 0. The van der Waals surface area contributed by atoms with Crippen LogP contribution >= 0.6 is 0 Å². The Labute approximate surface area is 106 Å². The van der Waals surface area contributed by atoms with E-state index < -0.39 is 10.9 Å². The molecule has 7 heteroatoms. The summed E-state index contributed by atoms with van der Waals surface area (Å²) in [7, 11) is 0. The summed E-state index contributed by atoms with van der Waals surface area (Å²) in [5, 5.41) is 16.4. The summed E-state index contributed by atoms with van der Waals surface area (Å²) in [6.45, 7) is 0.924. The van der Waals surface area contributed by atoms with Crippen LogP contribution in [0.3, 0.4) is 0 Å². The topological polar surface area (TPSA) is 74.6 Å².